The summed E-state index contributed by atoms with van der Waals surface area (Å²) in [7, 11) is 0. The third kappa shape index (κ3) is 1.69. The lowest BCUT2D eigenvalue weighted by Crippen LogP contribution is -2.06. The molecule has 1 rings (SSSR count). The van der Waals surface area contributed by atoms with Crippen molar-refractivity contribution in [2.24, 2.45) is 0 Å². The van der Waals surface area contributed by atoms with Gasteiger partial charge < -0.3 is 5.11 Å². The molecule has 0 radical (unpaired) electrons. The van der Waals surface area contributed by atoms with E-state index in [1.807, 2.05) is 0 Å². The summed E-state index contributed by atoms with van der Waals surface area (Å²) in [5.74, 6) is -0.878. The smallest absolute Gasteiger partial charge is 0.421 e. The van der Waals surface area contributed by atoms with Crippen LogP contribution in [0.25, 0.3) is 0 Å². The van der Waals surface area contributed by atoms with Crippen molar-refractivity contribution in [2.45, 2.75) is 6.18 Å². The Bertz CT molecular complexity index is 279. The second-order valence-corrected chi connectivity index (χ2v) is 2.87. The quantitative estimate of drug-likeness (QED) is 0.758. The molecule has 2 nitrogen and oxygen atoms in total. The lowest BCUT2D eigenvalue weighted by molar-refractivity contribution is -0.139. The standard InChI is InChI=1S/C6H3BrF3NO/c7-3-1-11-2-4(12)5(3)6(8,9)10/h1-2,12H. The lowest BCUT2D eigenvalue weighted by atomic mass is 10.2. The van der Waals surface area contributed by atoms with Gasteiger partial charge in [0.15, 0.2) is 0 Å². The van der Waals surface area contributed by atoms with Crippen molar-refractivity contribution >= 4 is 15.9 Å². The molecule has 0 aliphatic rings. The predicted molar refractivity (Wildman–Crippen MR) is 38.6 cm³/mol. The summed E-state index contributed by atoms with van der Waals surface area (Å²) >= 11 is 2.64. The molecule has 6 heteroatoms. The molecule has 0 saturated carbocycles. The summed E-state index contributed by atoms with van der Waals surface area (Å²) in [5, 5.41) is 8.81. The number of nitrogens with zero attached hydrogens (tertiary/aromatic N) is 1. The first-order valence-corrected chi connectivity index (χ1v) is 3.62. The zero-order valence-electron chi connectivity index (χ0n) is 5.56. The summed E-state index contributed by atoms with van der Waals surface area (Å²) in [5.41, 5.74) is -1.10. The van der Waals surface area contributed by atoms with Crippen molar-refractivity contribution in [3.63, 3.8) is 0 Å². The fourth-order valence-electron chi connectivity index (χ4n) is 0.705. The minimum Gasteiger partial charge on any atom is -0.506 e. The third-order valence-corrected chi connectivity index (χ3v) is 1.76. The van der Waals surface area contributed by atoms with Crippen LogP contribution in [0.15, 0.2) is 16.9 Å². The highest BCUT2D eigenvalue weighted by Gasteiger charge is 2.36. The second kappa shape index (κ2) is 2.93. The largest absolute Gasteiger partial charge is 0.506 e. The van der Waals surface area contributed by atoms with Gasteiger partial charge in [0.05, 0.1) is 10.7 Å². The van der Waals surface area contributed by atoms with Crippen LogP contribution in [-0.4, -0.2) is 10.1 Å². The van der Waals surface area contributed by atoms with Gasteiger partial charge in [-0.3, -0.25) is 4.98 Å². The van der Waals surface area contributed by atoms with E-state index >= 15 is 0 Å². The molecule has 1 aromatic heterocycles. The predicted octanol–water partition coefficient (Wildman–Crippen LogP) is 2.57. The van der Waals surface area contributed by atoms with E-state index in [0.29, 0.717) is 0 Å². The van der Waals surface area contributed by atoms with E-state index in [4.69, 9.17) is 5.11 Å². The number of halogens is 4. The molecule has 0 aliphatic carbocycles. The summed E-state index contributed by atoms with van der Waals surface area (Å²) in [6.07, 6.45) is -2.85. The van der Waals surface area contributed by atoms with E-state index in [-0.39, 0.29) is 4.47 Å². The van der Waals surface area contributed by atoms with Crippen LogP contribution in [-0.2, 0) is 6.18 Å². The van der Waals surface area contributed by atoms with Gasteiger partial charge in [0.2, 0.25) is 0 Å². The SMILES string of the molecule is Oc1cncc(Br)c1C(F)(F)F. The molecule has 0 aromatic carbocycles. The van der Waals surface area contributed by atoms with Gasteiger partial charge in [-0.15, -0.1) is 0 Å². The number of hydrogen-bond acceptors (Lipinski definition) is 2. The first-order valence-electron chi connectivity index (χ1n) is 2.82. The van der Waals surface area contributed by atoms with Gasteiger partial charge in [0.1, 0.15) is 11.3 Å². The van der Waals surface area contributed by atoms with E-state index < -0.39 is 17.5 Å². The fraction of sp³-hybridized carbons (Fsp3) is 0.167. The zero-order chi connectivity index (χ0) is 9.35. The fourth-order valence-corrected chi connectivity index (χ4v) is 1.25. The number of pyridine rings is 1. The van der Waals surface area contributed by atoms with Crippen molar-refractivity contribution < 1.29 is 18.3 Å². The minimum absolute atomic E-state index is 0.269. The third-order valence-electron chi connectivity index (χ3n) is 1.16. The number of aromatic nitrogens is 1. The minimum atomic E-state index is -4.56. The molecule has 66 valence electrons. The highest BCUT2D eigenvalue weighted by molar-refractivity contribution is 9.10. The lowest BCUT2D eigenvalue weighted by Gasteiger charge is -2.09. The van der Waals surface area contributed by atoms with Crippen LogP contribution in [0.1, 0.15) is 5.56 Å². The molecule has 0 unspecified atom stereocenters. The van der Waals surface area contributed by atoms with Gasteiger partial charge in [-0.1, -0.05) is 0 Å². The van der Waals surface area contributed by atoms with Crippen LogP contribution in [0.2, 0.25) is 0 Å². The van der Waals surface area contributed by atoms with Gasteiger partial charge in [0.25, 0.3) is 0 Å². The molecule has 0 saturated heterocycles. The monoisotopic (exact) mass is 241 g/mol. The Morgan fingerprint density at radius 3 is 2.25 bits per heavy atom. The molecule has 1 N–H and O–H groups in total. The van der Waals surface area contributed by atoms with E-state index in [9.17, 15) is 13.2 Å². The molecule has 0 bridgehead atoms. The van der Waals surface area contributed by atoms with Gasteiger partial charge in [0, 0.05) is 6.20 Å². The summed E-state index contributed by atoms with van der Waals surface area (Å²) in [6.45, 7) is 0. The normalized spacial score (nSPS) is 11.7. The molecule has 0 fully saturated rings. The Hall–Kier alpha value is -0.780. The Balaban J connectivity index is 3.31. The molecule has 0 spiro atoms. The molecule has 1 aromatic rings. The van der Waals surface area contributed by atoms with Crippen molar-refractivity contribution in [1.29, 1.82) is 0 Å². The number of alkyl halides is 3. The summed E-state index contributed by atoms with van der Waals surface area (Å²) in [6, 6.07) is 0. The Kier molecular flexibility index (Phi) is 2.27. The van der Waals surface area contributed by atoms with Crippen molar-refractivity contribution in [3.8, 4) is 5.75 Å². The van der Waals surface area contributed by atoms with Gasteiger partial charge in [-0.05, 0) is 15.9 Å². The van der Waals surface area contributed by atoms with Gasteiger partial charge >= 0.3 is 6.18 Å². The maximum absolute atomic E-state index is 12.1. The maximum atomic E-state index is 12.1. The summed E-state index contributed by atoms with van der Waals surface area (Å²) in [4.78, 5) is 3.36. The van der Waals surface area contributed by atoms with E-state index in [0.717, 1.165) is 12.4 Å². The number of aromatic hydroxyl groups is 1. The average molecular weight is 242 g/mol. The van der Waals surface area contributed by atoms with Crippen LogP contribution in [0.3, 0.4) is 0 Å². The molecular weight excluding hydrogens is 239 g/mol. The zero-order valence-corrected chi connectivity index (χ0v) is 7.15. The molecule has 0 aliphatic heterocycles. The van der Waals surface area contributed by atoms with Crippen LogP contribution in [0, 0.1) is 0 Å². The topological polar surface area (TPSA) is 33.1 Å². The van der Waals surface area contributed by atoms with Gasteiger partial charge in [-0.2, -0.15) is 13.2 Å². The van der Waals surface area contributed by atoms with Crippen molar-refractivity contribution in [1.82, 2.24) is 4.98 Å². The highest BCUT2D eigenvalue weighted by atomic mass is 79.9. The Labute approximate surface area is 74.2 Å². The molecular formula is C6H3BrF3NO. The Morgan fingerprint density at radius 2 is 1.92 bits per heavy atom. The summed E-state index contributed by atoms with van der Waals surface area (Å²) < 4.78 is 36.0. The molecule has 1 heterocycles. The maximum Gasteiger partial charge on any atom is 0.421 e. The number of hydrogen-bond donors (Lipinski definition) is 1. The van der Waals surface area contributed by atoms with E-state index in [2.05, 4.69) is 20.9 Å². The van der Waals surface area contributed by atoms with E-state index in [1.165, 1.54) is 0 Å². The van der Waals surface area contributed by atoms with Crippen molar-refractivity contribution in [3.05, 3.63) is 22.4 Å². The Morgan fingerprint density at radius 1 is 1.33 bits per heavy atom. The van der Waals surface area contributed by atoms with Crippen molar-refractivity contribution in [2.75, 3.05) is 0 Å². The van der Waals surface area contributed by atoms with Crippen LogP contribution < -0.4 is 0 Å². The number of rotatable bonds is 0. The van der Waals surface area contributed by atoms with Crippen LogP contribution in [0.5, 0.6) is 5.75 Å². The average Bonchev–Trinajstić information content (AvgIpc) is 1.82. The first-order chi connectivity index (χ1) is 5.43. The molecule has 0 atom stereocenters. The van der Waals surface area contributed by atoms with Crippen LogP contribution in [0.4, 0.5) is 13.2 Å². The molecule has 0 amide bonds. The van der Waals surface area contributed by atoms with E-state index in [1.54, 1.807) is 0 Å². The first kappa shape index (κ1) is 9.31. The second-order valence-electron chi connectivity index (χ2n) is 2.01. The highest BCUT2D eigenvalue weighted by Crippen LogP contribution is 2.39. The van der Waals surface area contributed by atoms with Gasteiger partial charge in [-0.25, -0.2) is 0 Å². The molecule has 12 heavy (non-hydrogen) atoms. The van der Waals surface area contributed by atoms with Crippen LogP contribution >= 0.6 is 15.9 Å².